The zero-order chi connectivity index (χ0) is 24.5. The summed E-state index contributed by atoms with van der Waals surface area (Å²) in [4.78, 5) is 67.9. The van der Waals surface area contributed by atoms with Gasteiger partial charge in [-0.05, 0) is 45.2 Å². The number of hydrogen-bond acceptors (Lipinski definition) is 8. The van der Waals surface area contributed by atoms with E-state index in [-0.39, 0.29) is 29.9 Å². The highest BCUT2D eigenvalue weighted by atomic mass is 16.7. The van der Waals surface area contributed by atoms with Gasteiger partial charge in [-0.25, -0.2) is 0 Å². The maximum atomic E-state index is 13.1. The minimum atomic E-state index is -0.998. The molecular weight excluding hydrogens is 442 g/mol. The fourth-order valence-corrected chi connectivity index (χ4v) is 4.21. The number of piperidine rings is 1. The van der Waals surface area contributed by atoms with E-state index in [1.807, 2.05) is 13.8 Å². The van der Waals surface area contributed by atoms with Gasteiger partial charge in [0, 0.05) is 31.6 Å². The first-order valence-corrected chi connectivity index (χ1v) is 11.3. The molecule has 0 bridgehead atoms. The number of nitrogens with one attached hydrogen (secondary N) is 3. The van der Waals surface area contributed by atoms with Crippen molar-refractivity contribution in [3.05, 3.63) is 29.3 Å². The van der Waals surface area contributed by atoms with Gasteiger partial charge in [0.2, 0.25) is 11.8 Å². The quantitative estimate of drug-likeness (QED) is 0.379. The zero-order valence-corrected chi connectivity index (χ0v) is 19.1. The number of hydrogen-bond donors (Lipinski definition) is 3. The van der Waals surface area contributed by atoms with Gasteiger partial charge in [0.05, 0.1) is 11.1 Å². The van der Waals surface area contributed by atoms with E-state index in [1.165, 1.54) is 0 Å². The van der Waals surface area contributed by atoms with E-state index in [9.17, 15) is 24.0 Å². The van der Waals surface area contributed by atoms with Crippen LogP contribution in [0.1, 0.15) is 66.7 Å². The molecule has 0 saturated carbocycles. The number of oxime groups is 1. The average Bonchev–Trinajstić information content (AvgIpc) is 3.28. The molecule has 180 valence electrons. The second-order valence-corrected chi connectivity index (χ2v) is 9.13. The second kappa shape index (κ2) is 9.24. The highest BCUT2D eigenvalue weighted by molar-refractivity contribution is 6.39. The lowest BCUT2D eigenvalue weighted by Gasteiger charge is -2.27. The first-order chi connectivity index (χ1) is 16.2. The van der Waals surface area contributed by atoms with Crippen LogP contribution in [-0.4, -0.2) is 64.9 Å². The number of unbranched alkanes of at least 4 members (excludes halogenated alkanes) is 1. The molecule has 5 amide bonds. The normalized spacial score (nSPS) is 21.1. The molecule has 3 heterocycles. The summed E-state index contributed by atoms with van der Waals surface area (Å²) in [7, 11) is 0. The molecule has 3 N–H and O–H groups in total. The number of nitrogens with zero attached hydrogens (tertiary/aromatic N) is 2. The smallest absolute Gasteiger partial charge is 0.269 e. The van der Waals surface area contributed by atoms with Crippen LogP contribution in [0.2, 0.25) is 0 Å². The minimum Gasteiger partial charge on any atom is -0.389 e. The summed E-state index contributed by atoms with van der Waals surface area (Å²) >= 11 is 0. The van der Waals surface area contributed by atoms with Gasteiger partial charge in [0.25, 0.3) is 17.7 Å². The molecule has 0 radical (unpaired) electrons. The molecule has 0 spiro atoms. The molecule has 1 saturated heterocycles. The van der Waals surface area contributed by atoms with Crippen molar-refractivity contribution in [1.82, 2.24) is 15.5 Å². The van der Waals surface area contributed by atoms with Gasteiger partial charge in [-0.15, -0.1) is 0 Å². The van der Waals surface area contributed by atoms with Crippen molar-refractivity contribution in [2.45, 2.75) is 57.6 Å². The number of fused-ring (bicyclic) bond motifs is 1. The topological polar surface area (TPSA) is 146 Å². The van der Waals surface area contributed by atoms with Crippen molar-refractivity contribution in [2.24, 2.45) is 5.16 Å². The van der Waals surface area contributed by atoms with Gasteiger partial charge in [0.1, 0.15) is 17.4 Å². The lowest BCUT2D eigenvalue weighted by Crippen LogP contribution is -2.54. The van der Waals surface area contributed by atoms with Crippen LogP contribution >= 0.6 is 0 Å². The molecular formula is C23H27N5O6. The van der Waals surface area contributed by atoms with Crippen molar-refractivity contribution in [3.63, 3.8) is 0 Å². The molecule has 11 heteroatoms. The summed E-state index contributed by atoms with van der Waals surface area (Å²) in [5, 5.41) is 12.0. The molecule has 1 aromatic carbocycles. The average molecular weight is 469 g/mol. The summed E-state index contributed by atoms with van der Waals surface area (Å²) in [5.74, 6) is -2.38. The number of amides is 5. The van der Waals surface area contributed by atoms with Gasteiger partial charge in [0.15, 0.2) is 0 Å². The van der Waals surface area contributed by atoms with Gasteiger partial charge in [-0.2, -0.15) is 0 Å². The fourth-order valence-electron chi connectivity index (χ4n) is 4.21. The highest BCUT2D eigenvalue weighted by Gasteiger charge is 2.45. The molecule has 1 aromatic rings. The molecule has 34 heavy (non-hydrogen) atoms. The van der Waals surface area contributed by atoms with Crippen LogP contribution in [0.3, 0.4) is 0 Å². The van der Waals surface area contributed by atoms with E-state index in [0.717, 1.165) is 4.90 Å². The summed E-state index contributed by atoms with van der Waals surface area (Å²) in [6.07, 6.45) is 2.05. The number of benzene rings is 1. The molecule has 1 fully saturated rings. The SMILES string of the molecule is CC1(C)CC(C(=O)NCCCCNc2cccc3c2C(=O)N(C2CCC(=O)NC2=O)C3=O)=NO1. The van der Waals surface area contributed by atoms with Crippen molar-refractivity contribution in [1.29, 1.82) is 0 Å². The first kappa shape index (κ1) is 23.4. The summed E-state index contributed by atoms with van der Waals surface area (Å²) < 4.78 is 0. The number of rotatable bonds is 8. The molecule has 11 nitrogen and oxygen atoms in total. The predicted octanol–water partition coefficient (Wildman–Crippen LogP) is 0.951. The third-order valence-electron chi connectivity index (χ3n) is 5.93. The monoisotopic (exact) mass is 469 g/mol. The summed E-state index contributed by atoms with van der Waals surface area (Å²) in [6, 6.07) is 3.94. The van der Waals surface area contributed by atoms with Crippen molar-refractivity contribution in [3.8, 4) is 0 Å². The molecule has 3 aliphatic heterocycles. The van der Waals surface area contributed by atoms with Crippen LogP contribution in [0.5, 0.6) is 0 Å². The van der Waals surface area contributed by atoms with Crippen molar-refractivity contribution in [2.75, 3.05) is 18.4 Å². The van der Waals surface area contributed by atoms with E-state index in [0.29, 0.717) is 43.8 Å². The third kappa shape index (κ3) is 4.63. The van der Waals surface area contributed by atoms with Crippen LogP contribution in [0, 0.1) is 0 Å². The van der Waals surface area contributed by atoms with Crippen molar-refractivity contribution >= 4 is 40.9 Å². The van der Waals surface area contributed by atoms with E-state index >= 15 is 0 Å². The Hall–Kier alpha value is -3.76. The fraction of sp³-hybridized carbons (Fsp3) is 0.478. The van der Waals surface area contributed by atoms with Crippen LogP contribution in [0.4, 0.5) is 5.69 Å². The third-order valence-corrected chi connectivity index (χ3v) is 5.93. The maximum Gasteiger partial charge on any atom is 0.269 e. The summed E-state index contributed by atoms with van der Waals surface area (Å²) in [5.41, 5.74) is 0.891. The van der Waals surface area contributed by atoms with Crippen LogP contribution in [-0.2, 0) is 19.2 Å². The molecule has 1 unspecified atom stereocenters. The van der Waals surface area contributed by atoms with Gasteiger partial charge < -0.3 is 15.5 Å². The Morgan fingerprint density at radius 2 is 1.94 bits per heavy atom. The number of carbonyl (C=O) groups is 5. The van der Waals surface area contributed by atoms with E-state index in [4.69, 9.17) is 4.84 Å². The number of anilines is 1. The highest BCUT2D eigenvalue weighted by Crippen LogP contribution is 2.32. The molecule has 0 aromatic heterocycles. The van der Waals surface area contributed by atoms with Gasteiger partial charge >= 0.3 is 0 Å². The van der Waals surface area contributed by atoms with Crippen LogP contribution in [0.15, 0.2) is 23.4 Å². The maximum absolute atomic E-state index is 13.1. The number of carbonyl (C=O) groups excluding carboxylic acids is 5. The van der Waals surface area contributed by atoms with Crippen LogP contribution in [0.25, 0.3) is 0 Å². The summed E-state index contributed by atoms with van der Waals surface area (Å²) in [6.45, 7) is 4.72. The molecule has 0 aliphatic carbocycles. The molecule has 1 atom stereocenters. The molecule has 4 rings (SSSR count). The largest absolute Gasteiger partial charge is 0.389 e. The predicted molar refractivity (Wildman–Crippen MR) is 121 cm³/mol. The van der Waals surface area contributed by atoms with E-state index in [2.05, 4.69) is 21.1 Å². The Labute approximate surface area is 196 Å². The lowest BCUT2D eigenvalue weighted by molar-refractivity contribution is -0.136. The number of imide groups is 2. The standard InChI is InChI=1S/C23H27N5O6/c1-23(2)12-15(27-34-23)19(30)25-11-4-3-10-24-14-7-5-6-13-18(14)22(33)28(21(13)32)16-8-9-17(29)26-20(16)31/h5-7,16,24H,3-4,8-12H2,1-2H3,(H,25,30)(H,26,29,31). The minimum absolute atomic E-state index is 0.0730. The van der Waals surface area contributed by atoms with Gasteiger partial charge in [-0.3, -0.25) is 34.2 Å². The second-order valence-electron chi connectivity index (χ2n) is 9.13. The Balaban J connectivity index is 1.29. The Bertz CT molecular complexity index is 1100. The van der Waals surface area contributed by atoms with E-state index in [1.54, 1.807) is 18.2 Å². The Morgan fingerprint density at radius 1 is 1.18 bits per heavy atom. The van der Waals surface area contributed by atoms with Crippen LogP contribution < -0.4 is 16.0 Å². The first-order valence-electron chi connectivity index (χ1n) is 11.3. The lowest BCUT2D eigenvalue weighted by atomic mass is 10.0. The molecule has 3 aliphatic rings. The van der Waals surface area contributed by atoms with Gasteiger partial charge in [-0.1, -0.05) is 11.2 Å². The zero-order valence-electron chi connectivity index (χ0n) is 19.1. The Morgan fingerprint density at radius 3 is 2.65 bits per heavy atom. The van der Waals surface area contributed by atoms with E-state index < -0.39 is 35.3 Å². The Kier molecular flexibility index (Phi) is 6.36. The van der Waals surface area contributed by atoms with Crippen molar-refractivity contribution < 1.29 is 28.8 Å².